The number of carboxylic acids is 1. The van der Waals surface area contributed by atoms with Crippen molar-refractivity contribution in [2.75, 3.05) is 6.54 Å². The van der Waals surface area contributed by atoms with E-state index in [1.54, 1.807) is 0 Å². The van der Waals surface area contributed by atoms with Crippen molar-refractivity contribution in [1.29, 1.82) is 0 Å². The second-order valence-corrected chi connectivity index (χ2v) is 7.53. The molecule has 0 radical (unpaired) electrons. The molecule has 1 heterocycles. The quantitative estimate of drug-likeness (QED) is 0.835. The Kier molecular flexibility index (Phi) is 4.55. The van der Waals surface area contributed by atoms with Gasteiger partial charge in [-0.3, -0.25) is 0 Å². The molecule has 0 aliphatic heterocycles. The van der Waals surface area contributed by atoms with Gasteiger partial charge in [-0.25, -0.2) is 17.9 Å². The van der Waals surface area contributed by atoms with E-state index in [4.69, 9.17) is 9.52 Å². The minimum absolute atomic E-state index is 0.0955. The molecule has 0 bridgehead atoms. The minimum atomic E-state index is -3.77. The third-order valence-corrected chi connectivity index (χ3v) is 6.01. The molecule has 1 aromatic rings. The van der Waals surface area contributed by atoms with Gasteiger partial charge >= 0.3 is 5.97 Å². The zero-order valence-corrected chi connectivity index (χ0v) is 13.3. The second-order valence-electron chi connectivity index (χ2n) is 5.07. The maximum atomic E-state index is 12.2. The van der Waals surface area contributed by atoms with Gasteiger partial charge in [-0.1, -0.05) is 19.8 Å². The van der Waals surface area contributed by atoms with Crippen LogP contribution < -0.4 is 4.72 Å². The minimum Gasteiger partial charge on any atom is -0.475 e. The Balaban J connectivity index is 2.12. The summed E-state index contributed by atoms with van der Waals surface area (Å²) < 4.78 is 31.6. The molecule has 0 saturated heterocycles. The third kappa shape index (κ3) is 3.24. The number of aromatic carboxylic acids is 1. The molecule has 2 atom stereocenters. The van der Waals surface area contributed by atoms with Gasteiger partial charge < -0.3 is 9.52 Å². The van der Waals surface area contributed by atoms with Crippen LogP contribution in [0, 0.1) is 11.8 Å². The lowest BCUT2D eigenvalue weighted by atomic mass is 9.99. The Hall–Kier alpha value is -0.860. The maximum absolute atomic E-state index is 12.2. The first-order chi connectivity index (χ1) is 9.31. The van der Waals surface area contributed by atoms with Crippen LogP contribution in [0.25, 0.3) is 0 Å². The van der Waals surface area contributed by atoms with Gasteiger partial charge in [0.15, 0.2) is 4.67 Å². The van der Waals surface area contributed by atoms with Crippen molar-refractivity contribution in [2.45, 2.75) is 31.1 Å². The first-order valence-corrected chi connectivity index (χ1v) is 8.61. The molecule has 0 amide bonds. The summed E-state index contributed by atoms with van der Waals surface area (Å²) in [7, 11) is -3.77. The molecule has 2 N–H and O–H groups in total. The zero-order chi connectivity index (χ0) is 14.9. The number of sulfonamides is 1. The zero-order valence-electron chi connectivity index (χ0n) is 10.9. The van der Waals surface area contributed by atoms with E-state index < -0.39 is 21.8 Å². The Bertz CT molecular complexity index is 609. The average Bonchev–Trinajstić information content (AvgIpc) is 2.93. The number of hydrogen-bond donors (Lipinski definition) is 2. The van der Waals surface area contributed by atoms with E-state index in [0.717, 1.165) is 25.3 Å². The van der Waals surface area contributed by atoms with Gasteiger partial charge in [0.1, 0.15) is 4.90 Å². The molecule has 2 rings (SSSR count). The van der Waals surface area contributed by atoms with Crippen molar-refractivity contribution in [3.05, 3.63) is 16.5 Å². The molecule has 1 fully saturated rings. The van der Waals surface area contributed by atoms with Crippen LogP contribution in [-0.2, 0) is 10.0 Å². The molecule has 1 saturated carbocycles. The second kappa shape index (κ2) is 5.87. The summed E-state index contributed by atoms with van der Waals surface area (Å²) >= 11 is 2.94. The van der Waals surface area contributed by atoms with E-state index >= 15 is 0 Å². The highest BCUT2D eigenvalue weighted by molar-refractivity contribution is 9.10. The van der Waals surface area contributed by atoms with E-state index in [2.05, 4.69) is 27.6 Å². The van der Waals surface area contributed by atoms with Crippen molar-refractivity contribution in [3.63, 3.8) is 0 Å². The number of nitrogens with one attached hydrogen (secondary N) is 1. The van der Waals surface area contributed by atoms with Crippen LogP contribution in [0.2, 0.25) is 0 Å². The number of rotatable bonds is 5. The van der Waals surface area contributed by atoms with Crippen LogP contribution in [0.15, 0.2) is 20.0 Å². The predicted octanol–water partition coefficient (Wildman–Crippen LogP) is 2.45. The largest absolute Gasteiger partial charge is 0.475 e. The van der Waals surface area contributed by atoms with Crippen molar-refractivity contribution >= 4 is 31.9 Å². The van der Waals surface area contributed by atoms with Gasteiger partial charge in [-0.2, -0.15) is 0 Å². The van der Waals surface area contributed by atoms with E-state index in [9.17, 15) is 13.2 Å². The van der Waals surface area contributed by atoms with E-state index in [-0.39, 0.29) is 9.56 Å². The normalized spacial score (nSPS) is 23.1. The van der Waals surface area contributed by atoms with Crippen molar-refractivity contribution in [1.82, 2.24) is 4.72 Å². The van der Waals surface area contributed by atoms with Crippen molar-refractivity contribution in [2.24, 2.45) is 11.8 Å². The lowest BCUT2D eigenvalue weighted by Crippen LogP contribution is -2.30. The predicted molar refractivity (Wildman–Crippen MR) is 75.1 cm³/mol. The van der Waals surface area contributed by atoms with Crippen LogP contribution in [0.1, 0.15) is 36.7 Å². The Morgan fingerprint density at radius 1 is 1.55 bits per heavy atom. The highest BCUT2D eigenvalue weighted by atomic mass is 79.9. The fraction of sp³-hybridized carbons (Fsp3) is 0.583. The molecule has 20 heavy (non-hydrogen) atoms. The molecule has 0 aromatic carbocycles. The number of furan rings is 1. The topological polar surface area (TPSA) is 96.6 Å². The summed E-state index contributed by atoms with van der Waals surface area (Å²) in [5, 5.41) is 8.80. The molecule has 1 aliphatic carbocycles. The number of halogens is 1. The van der Waals surface area contributed by atoms with Gasteiger partial charge in [0.05, 0.1) is 0 Å². The van der Waals surface area contributed by atoms with E-state index in [1.165, 1.54) is 0 Å². The Morgan fingerprint density at radius 2 is 2.25 bits per heavy atom. The first kappa shape index (κ1) is 15.5. The summed E-state index contributed by atoms with van der Waals surface area (Å²) in [6, 6.07) is 1.01. The molecule has 0 spiro atoms. The SMILES string of the molecule is CC1CCCC1CNS(=O)(=O)c1cc(C(=O)O)oc1Br. The van der Waals surface area contributed by atoms with Gasteiger partial charge in [-0.15, -0.1) is 0 Å². The van der Waals surface area contributed by atoms with Crippen LogP contribution in [0.3, 0.4) is 0 Å². The van der Waals surface area contributed by atoms with Crippen LogP contribution >= 0.6 is 15.9 Å². The standard InChI is InChI=1S/C12H16BrNO5S/c1-7-3-2-4-8(7)6-14-20(17,18)10-5-9(12(15)16)19-11(10)13/h5,7-8,14H,2-4,6H2,1H3,(H,15,16). The molecule has 6 nitrogen and oxygen atoms in total. The summed E-state index contributed by atoms with van der Waals surface area (Å²) in [6.45, 7) is 2.48. The third-order valence-electron chi connectivity index (χ3n) is 3.73. The molecule has 8 heteroatoms. The highest BCUT2D eigenvalue weighted by Gasteiger charge is 2.28. The lowest BCUT2D eigenvalue weighted by Gasteiger charge is -2.15. The van der Waals surface area contributed by atoms with Crippen molar-refractivity contribution < 1.29 is 22.7 Å². The van der Waals surface area contributed by atoms with Crippen LogP contribution in [-0.4, -0.2) is 26.0 Å². The highest BCUT2D eigenvalue weighted by Crippen LogP contribution is 2.31. The molecular formula is C12H16BrNO5S. The Labute approximate surface area is 125 Å². The Morgan fingerprint density at radius 3 is 2.75 bits per heavy atom. The molecule has 112 valence electrons. The molecular weight excluding hydrogens is 350 g/mol. The van der Waals surface area contributed by atoms with Crippen LogP contribution in [0.5, 0.6) is 0 Å². The fourth-order valence-corrected chi connectivity index (χ4v) is 4.49. The summed E-state index contributed by atoms with van der Waals surface area (Å²) in [5.74, 6) is -0.891. The molecule has 1 aromatic heterocycles. The smallest absolute Gasteiger partial charge is 0.371 e. The first-order valence-electron chi connectivity index (χ1n) is 6.33. The number of carbonyl (C=O) groups is 1. The van der Waals surface area contributed by atoms with Gasteiger partial charge in [-0.05, 0) is 34.2 Å². The van der Waals surface area contributed by atoms with E-state index in [1.807, 2.05) is 0 Å². The summed E-state index contributed by atoms with van der Waals surface area (Å²) in [6.07, 6.45) is 3.24. The number of hydrogen-bond acceptors (Lipinski definition) is 4. The monoisotopic (exact) mass is 365 g/mol. The van der Waals surface area contributed by atoms with E-state index in [0.29, 0.717) is 18.4 Å². The van der Waals surface area contributed by atoms with Gasteiger partial charge in [0.25, 0.3) is 0 Å². The number of carboxylic acid groups (broad SMARTS) is 1. The summed E-state index contributed by atoms with van der Waals surface area (Å²) in [5.41, 5.74) is 0. The molecule has 1 aliphatic rings. The molecule has 2 unspecified atom stereocenters. The fourth-order valence-electron chi connectivity index (χ4n) is 2.46. The summed E-state index contributed by atoms with van der Waals surface area (Å²) in [4.78, 5) is 10.6. The van der Waals surface area contributed by atoms with Gasteiger partial charge in [0, 0.05) is 12.6 Å². The average molecular weight is 366 g/mol. The van der Waals surface area contributed by atoms with Gasteiger partial charge in [0.2, 0.25) is 15.8 Å². The van der Waals surface area contributed by atoms with Crippen molar-refractivity contribution in [3.8, 4) is 0 Å². The van der Waals surface area contributed by atoms with Crippen LogP contribution in [0.4, 0.5) is 0 Å². The maximum Gasteiger partial charge on any atom is 0.371 e. The lowest BCUT2D eigenvalue weighted by molar-refractivity contribution is 0.0661.